The van der Waals surface area contributed by atoms with Crippen molar-refractivity contribution in [1.29, 1.82) is 0 Å². The number of aryl methyl sites for hydroxylation is 1. The molecule has 2 nitrogen and oxygen atoms in total. The molecule has 0 saturated carbocycles. The minimum Gasteiger partial charge on any atom is -0.232 e. The zero-order valence-corrected chi connectivity index (χ0v) is 9.17. The lowest BCUT2D eigenvalue weighted by molar-refractivity contribution is -0.659. The molecule has 0 bridgehead atoms. The SMILES string of the molecule is C[n+]1cn2ccccc2c1-c1ccccc1. The van der Waals surface area contributed by atoms with E-state index in [1.54, 1.807) is 0 Å². The first-order valence-electron chi connectivity index (χ1n) is 5.37. The maximum atomic E-state index is 2.16. The summed E-state index contributed by atoms with van der Waals surface area (Å²) in [6.45, 7) is 0. The first-order chi connectivity index (χ1) is 7.86. The molecule has 0 N–H and O–H groups in total. The van der Waals surface area contributed by atoms with Gasteiger partial charge in [0.25, 0.3) is 0 Å². The predicted molar refractivity (Wildman–Crippen MR) is 64.0 cm³/mol. The maximum absolute atomic E-state index is 2.16. The highest BCUT2D eigenvalue weighted by Gasteiger charge is 2.15. The van der Waals surface area contributed by atoms with Crippen LogP contribution in [0.2, 0.25) is 0 Å². The number of aromatic nitrogens is 2. The van der Waals surface area contributed by atoms with Crippen LogP contribution in [0.15, 0.2) is 61.1 Å². The van der Waals surface area contributed by atoms with Crippen molar-refractivity contribution in [3.05, 3.63) is 61.1 Å². The van der Waals surface area contributed by atoms with Gasteiger partial charge in [-0.1, -0.05) is 36.4 Å². The molecule has 2 aromatic heterocycles. The fourth-order valence-electron chi connectivity index (χ4n) is 2.13. The molecule has 0 aliphatic heterocycles. The number of pyridine rings is 1. The van der Waals surface area contributed by atoms with Crippen molar-refractivity contribution in [2.45, 2.75) is 0 Å². The Morgan fingerprint density at radius 1 is 0.938 bits per heavy atom. The van der Waals surface area contributed by atoms with Crippen molar-refractivity contribution in [1.82, 2.24) is 4.40 Å². The Hall–Kier alpha value is -2.09. The molecule has 0 unspecified atom stereocenters. The summed E-state index contributed by atoms with van der Waals surface area (Å²) in [5, 5.41) is 0. The predicted octanol–water partition coefficient (Wildman–Crippen LogP) is 2.43. The van der Waals surface area contributed by atoms with Crippen molar-refractivity contribution in [3.63, 3.8) is 0 Å². The summed E-state index contributed by atoms with van der Waals surface area (Å²) in [6.07, 6.45) is 4.17. The maximum Gasteiger partial charge on any atom is 0.249 e. The van der Waals surface area contributed by atoms with E-state index in [9.17, 15) is 0 Å². The van der Waals surface area contributed by atoms with Gasteiger partial charge in [-0.25, -0.2) is 8.97 Å². The molecule has 16 heavy (non-hydrogen) atoms. The summed E-state index contributed by atoms with van der Waals surface area (Å²) in [7, 11) is 2.08. The Morgan fingerprint density at radius 3 is 2.50 bits per heavy atom. The van der Waals surface area contributed by atoms with Crippen molar-refractivity contribution in [2.75, 3.05) is 0 Å². The minimum atomic E-state index is 1.23. The molecule has 0 fully saturated rings. The van der Waals surface area contributed by atoms with Crippen molar-refractivity contribution < 1.29 is 4.57 Å². The van der Waals surface area contributed by atoms with Gasteiger partial charge < -0.3 is 0 Å². The van der Waals surface area contributed by atoms with E-state index in [1.807, 2.05) is 12.1 Å². The van der Waals surface area contributed by atoms with Gasteiger partial charge in [0.1, 0.15) is 0 Å². The first-order valence-corrected chi connectivity index (χ1v) is 5.37. The molecule has 3 aromatic rings. The van der Waals surface area contributed by atoms with Crippen LogP contribution in [0.1, 0.15) is 0 Å². The number of rotatable bonds is 1. The van der Waals surface area contributed by atoms with Gasteiger partial charge in [0, 0.05) is 5.56 Å². The van der Waals surface area contributed by atoms with E-state index in [1.165, 1.54) is 16.8 Å². The van der Waals surface area contributed by atoms with E-state index in [0.717, 1.165) is 0 Å². The fraction of sp³-hybridized carbons (Fsp3) is 0.0714. The van der Waals surface area contributed by atoms with Gasteiger partial charge >= 0.3 is 0 Å². The minimum absolute atomic E-state index is 1.23. The van der Waals surface area contributed by atoms with Crippen LogP contribution in [-0.4, -0.2) is 4.40 Å². The smallest absolute Gasteiger partial charge is 0.232 e. The molecular formula is C14H13N2+. The molecule has 2 heterocycles. The van der Waals surface area contributed by atoms with Gasteiger partial charge in [0.05, 0.1) is 13.2 Å². The number of nitrogens with zero attached hydrogens (tertiary/aromatic N) is 2. The van der Waals surface area contributed by atoms with Gasteiger partial charge in [0.2, 0.25) is 6.33 Å². The summed E-state index contributed by atoms with van der Waals surface area (Å²) < 4.78 is 4.30. The summed E-state index contributed by atoms with van der Waals surface area (Å²) in [5.41, 5.74) is 3.73. The topological polar surface area (TPSA) is 8.29 Å². The third-order valence-electron chi connectivity index (χ3n) is 2.83. The van der Waals surface area contributed by atoms with Gasteiger partial charge in [-0.05, 0) is 12.1 Å². The third-order valence-corrected chi connectivity index (χ3v) is 2.83. The summed E-state index contributed by atoms with van der Waals surface area (Å²) in [4.78, 5) is 0. The average molecular weight is 209 g/mol. The molecule has 0 spiro atoms. The largest absolute Gasteiger partial charge is 0.249 e. The molecule has 0 aliphatic rings. The molecule has 0 radical (unpaired) electrons. The number of benzene rings is 1. The highest BCUT2D eigenvalue weighted by molar-refractivity contribution is 5.74. The summed E-state index contributed by atoms with van der Waals surface area (Å²) in [6, 6.07) is 16.7. The normalized spacial score (nSPS) is 10.8. The second kappa shape index (κ2) is 3.49. The standard InChI is InChI=1S/C14H13N2/c1-15-11-16-10-6-5-9-13(16)14(15)12-7-3-2-4-8-12/h2-11H,1H3/q+1. The molecular weight excluding hydrogens is 196 g/mol. The lowest BCUT2D eigenvalue weighted by atomic mass is 10.1. The molecule has 0 atom stereocenters. The van der Waals surface area contributed by atoms with Gasteiger partial charge in [-0.15, -0.1) is 0 Å². The molecule has 0 amide bonds. The average Bonchev–Trinajstić information content (AvgIpc) is 2.66. The molecule has 0 saturated heterocycles. The zero-order valence-electron chi connectivity index (χ0n) is 9.17. The molecule has 3 rings (SSSR count). The lowest BCUT2D eigenvalue weighted by Gasteiger charge is -1.96. The summed E-state index contributed by atoms with van der Waals surface area (Å²) >= 11 is 0. The van der Waals surface area contributed by atoms with Crippen LogP contribution in [0.25, 0.3) is 16.8 Å². The van der Waals surface area contributed by atoms with Gasteiger partial charge in [-0.2, -0.15) is 0 Å². The van der Waals surface area contributed by atoms with E-state index in [2.05, 4.69) is 64.9 Å². The molecule has 0 aliphatic carbocycles. The third kappa shape index (κ3) is 1.31. The lowest BCUT2D eigenvalue weighted by Crippen LogP contribution is -2.27. The number of imidazole rings is 1. The second-order valence-corrected chi connectivity index (χ2v) is 3.93. The fourth-order valence-corrected chi connectivity index (χ4v) is 2.13. The number of hydrogen-bond donors (Lipinski definition) is 0. The first kappa shape index (κ1) is 9.16. The zero-order chi connectivity index (χ0) is 11.0. The molecule has 78 valence electrons. The van der Waals surface area contributed by atoms with Crippen LogP contribution in [0.5, 0.6) is 0 Å². The van der Waals surface area contributed by atoms with Crippen LogP contribution < -0.4 is 4.57 Å². The Labute approximate surface area is 94.4 Å². The highest BCUT2D eigenvalue weighted by Crippen LogP contribution is 2.20. The molecule has 1 aromatic carbocycles. The van der Waals surface area contributed by atoms with Crippen molar-refractivity contribution in [2.24, 2.45) is 7.05 Å². The van der Waals surface area contributed by atoms with Gasteiger partial charge in [0.15, 0.2) is 11.2 Å². The van der Waals surface area contributed by atoms with Crippen LogP contribution in [0.4, 0.5) is 0 Å². The number of hydrogen-bond acceptors (Lipinski definition) is 0. The van der Waals surface area contributed by atoms with E-state index in [-0.39, 0.29) is 0 Å². The van der Waals surface area contributed by atoms with E-state index < -0.39 is 0 Å². The van der Waals surface area contributed by atoms with Crippen LogP contribution in [-0.2, 0) is 7.05 Å². The van der Waals surface area contributed by atoms with Crippen LogP contribution >= 0.6 is 0 Å². The Balaban J connectivity index is 2.35. The summed E-state index contributed by atoms with van der Waals surface area (Å²) in [5.74, 6) is 0. The molecule has 2 heteroatoms. The quantitative estimate of drug-likeness (QED) is 0.544. The van der Waals surface area contributed by atoms with E-state index in [0.29, 0.717) is 0 Å². The Morgan fingerprint density at radius 2 is 1.69 bits per heavy atom. The van der Waals surface area contributed by atoms with Gasteiger partial charge in [-0.3, -0.25) is 0 Å². The highest BCUT2D eigenvalue weighted by atomic mass is 15.1. The van der Waals surface area contributed by atoms with Crippen LogP contribution in [0, 0.1) is 0 Å². The second-order valence-electron chi connectivity index (χ2n) is 3.93. The van der Waals surface area contributed by atoms with E-state index in [4.69, 9.17) is 0 Å². The number of fused-ring (bicyclic) bond motifs is 1. The monoisotopic (exact) mass is 209 g/mol. The Kier molecular flexibility index (Phi) is 2.00. The van der Waals surface area contributed by atoms with Crippen molar-refractivity contribution in [3.8, 4) is 11.3 Å². The van der Waals surface area contributed by atoms with E-state index >= 15 is 0 Å². The Bertz CT molecular complexity index is 624. The van der Waals surface area contributed by atoms with Crippen molar-refractivity contribution >= 4 is 5.52 Å². The van der Waals surface area contributed by atoms with Crippen LogP contribution in [0.3, 0.4) is 0 Å².